The molecule has 1 aliphatic carbocycles. The van der Waals surface area contributed by atoms with Gasteiger partial charge < -0.3 is 9.88 Å². The lowest BCUT2D eigenvalue weighted by molar-refractivity contribution is -0.121. The summed E-state index contributed by atoms with van der Waals surface area (Å²) in [5.41, 5.74) is 0.662. The van der Waals surface area contributed by atoms with Gasteiger partial charge in [0.05, 0.1) is 12.9 Å². The van der Waals surface area contributed by atoms with E-state index in [1.54, 1.807) is 10.9 Å². The van der Waals surface area contributed by atoms with Crippen LogP contribution in [0.1, 0.15) is 38.7 Å². The number of aryl methyl sites for hydroxylation is 1. The molecule has 0 radical (unpaired) electrons. The SMILES string of the molecule is CC(C)CCn1cnc2c1c(=O)n(CC(=O)NC1CC1)c(=O)n2Cc1ccccc1. The fourth-order valence-electron chi connectivity index (χ4n) is 3.50. The quantitative estimate of drug-likeness (QED) is 0.613. The average Bonchev–Trinajstić information content (AvgIpc) is 3.43. The molecule has 1 saturated carbocycles. The molecule has 0 spiro atoms. The fourth-order valence-corrected chi connectivity index (χ4v) is 3.50. The van der Waals surface area contributed by atoms with Gasteiger partial charge in [0.25, 0.3) is 5.56 Å². The lowest BCUT2D eigenvalue weighted by atomic mass is 10.1. The number of hydrogen-bond donors (Lipinski definition) is 1. The van der Waals surface area contributed by atoms with Crippen molar-refractivity contribution in [2.24, 2.45) is 5.92 Å². The molecule has 158 valence electrons. The first-order chi connectivity index (χ1) is 14.4. The highest BCUT2D eigenvalue weighted by Crippen LogP contribution is 2.18. The van der Waals surface area contributed by atoms with Gasteiger partial charge in [0, 0.05) is 12.6 Å². The topological polar surface area (TPSA) is 90.9 Å². The van der Waals surface area contributed by atoms with E-state index in [2.05, 4.69) is 24.1 Å². The lowest BCUT2D eigenvalue weighted by Crippen LogP contribution is -2.44. The molecule has 0 bridgehead atoms. The van der Waals surface area contributed by atoms with E-state index in [0.29, 0.717) is 23.6 Å². The number of fused-ring (bicyclic) bond motifs is 1. The van der Waals surface area contributed by atoms with Gasteiger partial charge in [0.2, 0.25) is 5.91 Å². The summed E-state index contributed by atoms with van der Waals surface area (Å²) in [6.45, 7) is 4.85. The normalized spacial score (nSPS) is 13.8. The van der Waals surface area contributed by atoms with Crippen molar-refractivity contribution < 1.29 is 4.79 Å². The average molecular weight is 409 g/mol. The first-order valence-electron chi connectivity index (χ1n) is 10.5. The molecular formula is C22H27N5O3. The molecule has 2 aromatic heterocycles. The van der Waals surface area contributed by atoms with Crippen LogP contribution >= 0.6 is 0 Å². The number of carbonyl (C=O) groups is 1. The smallest absolute Gasteiger partial charge is 0.333 e. The van der Waals surface area contributed by atoms with Crippen molar-refractivity contribution in [2.75, 3.05) is 0 Å². The first kappa shape index (κ1) is 20.1. The zero-order chi connectivity index (χ0) is 21.3. The van der Waals surface area contributed by atoms with Gasteiger partial charge in [-0.3, -0.25) is 14.2 Å². The Hall–Kier alpha value is -3.16. The Labute approximate surface area is 174 Å². The van der Waals surface area contributed by atoms with Crippen LogP contribution in [0.5, 0.6) is 0 Å². The standard InChI is InChI=1S/C22H27N5O3/c1-15(2)10-11-25-14-23-20-19(25)21(29)27(13-18(28)24-17-8-9-17)22(30)26(20)12-16-6-4-3-5-7-16/h3-7,14-15,17H,8-13H2,1-2H3,(H,24,28). The number of aromatic nitrogens is 4. The number of benzene rings is 1. The molecule has 2 heterocycles. The van der Waals surface area contributed by atoms with E-state index in [-0.39, 0.29) is 25.0 Å². The van der Waals surface area contributed by atoms with E-state index in [1.165, 1.54) is 4.57 Å². The Balaban J connectivity index is 1.81. The molecule has 1 aliphatic rings. The van der Waals surface area contributed by atoms with Gasteiger partial charge in [-0.05, 0) is 30.7 Å². The van der Waals surface area contributed by atoms with Crippen molar-refractivity contribution in [3.8, 4) is 0 Å². The number of hydrogen-bond acceptors (Lipinski definition) is 4. The third-order valence-corrected chi connectivity index (χ3v) is 5.36. The molecule has 1 aromatic carbocycles. The number of imidazole rings is 1. The summed E-state index contributed by atoms with van der Waals surface area (Å²) in [6, 6.07) is 9.72. The van der Waals surface area contributed by atoms with Crippen molar-refractivity contribution in [1.82, 2.24) is 24.0 Å². The van der Waals surface area contributed by atoms with Gasteiger partial charge in [-0.2, -0.15) is 0 Å². The van der Waals surface area contributed by atoms with Crippen LogP contribution in [-0.2, 0) is 24.4 Å². The van der Waals surface area contributed by atoms with Crippen molar-refractivity contribution in [3.63, 3.8) is 0 Å². The molecule has 8 heteroatoms. The Kier molecular flexibility index (Phi) is 5.57. The van der Waals surface area contributed by atoms with Gasteiger partial charge >= 0.3 is 5.69 Å². The summed E-state index contributed by atoms with van der Waals surface area (Å²) in [5, 5.41) is 2.85. The van der Waals surface area contributed by atoms with Crippen LogP contribution in [0.4, 0.5) is 0 Å². The van der Waals surface area contributed by atoms with Crippen molar-refractivity contribution in [3.05, 3.63) is 63.1 Å². The van der Waals surface area contributed by atoms with E-state index in [9.17, 15) is 14.4 Å². The number of amides is 1. The number of carbonyl (C=O) groups excluding carboxylic acids is 1. The van der Waals surface area contributed by atoms with Crippen LogP contribution in [0.2, 0.25) is 0 Å². The largest absolute Gasteiger partial charge is 0.352 e. The van der Waals surface area contributed by atoms with E-state index < -0.39 is 11.2 Å². The summed E-state index contributed by atoms with van der Waals surface area (Å²) in [4.78, 5) is 43.2. The summed E-state index contributed by atoms with van der Waals surface area (Å²) >= 11 is 0. The predicted octanol–water partition coefficient (Wildman–Crippen LogP) is 1.73. The monoisotopic (exact) mass is 409 g/mol. The van der Waals surface area contributed by atoms with Gasteiger partial charge in [0.1, 0.15) is 6.54 Å². The van der Waals surface area contributed by atoms with Gasteiger partial charge in [-0.15, -0.1) is 0 Å². The maximum absolute atomic E-state index is 13.2. The molecule has 0 aliphatic heterocycles. The zero-order valence-corrected chi connectivity index (χ0v) is 17.4. The first-order valence-corrected chi connectivity index (χ1v) is 10.5. The van der Waals surface area contributed by atoms with Gasteiger partial charge in [-0.25, -0.2) is 14.3 Å². The minimum atomic E-state index is -0.517. The molecular weight excluding hydrogens is 382 g/mol. The van der Waals surface area contributed by atoms with Crippen LogP contribution < -0.4 is 16.6 Å². The zero-order valence-electron chi connectivity index (χ0n) is 17.4. The maximum atomic E-state index is 13.2. The number of rotatable bonds is 8. The molecule has 30 heavy (non-hydrogen) atoms. The Morgan fingerprint density at radius 3 is 2.57 bits per heavy atom. The summed E-state index contributed by atoms with van der Waals surface area (Å²) in [7, 11) is 0. The second kappa shape index (κ2) is 8.30. The second-order valence-corrected chi connectivity index (χ2v) is 8.38. The molecule has 8 nitrogen and oxygen atoms in total. The predicted molar refractivity (Wildman–Crippen MR) is 114 cm³/mol. The highest BCUT2D eigenvalue weighted by molar-refractivity contribution is 5.77. The molecule has 1 N–H and O–H groups in total. The molecule has 4 rings (SSSR count). The maximum Gasteiger partial charge on any atom is 0.333 e. The highest BCUT2D eigenvalue weighted by atomic mass is 16.2. The van der Waals surface area contributed by atoms with Crippen molar-refractivity contribution >= 4 is 17.1 Å². The van der Waals surface area contributed by atoms with Crippen LogP contribution in [0.15, 0.2) is 46.2 Å². The van der Waals surface area contributed by atoms with E-state index >= 15 is 0 Å². The van der Waals surface area contributed by atoms with Gasteiger partial charge in [-0.1, -0.05) is 44.2 Å². The Morgan fingerprint density at radius 1 is 1.17 bits per heavy atom. The molecule has 0 saturated heterocycles. The van der Waals surface area contributed by atoms with E-state index in [1.807, 2.05) is 30.3 Å². The summed E-state index contributed by atoms with van der Waals surface area (Å²) in [5.74, 6) is 0.153. The molecule has 0 unspecified atom stereocenters. The minimum absolute atomic E-state index is 0.167. The van der Waals surface area contributed by atoms with Crippen LogP contribution in [0.25, 0.3) is 11.2 Å². The fraction of sp³-hybridized carbons (Fsp3) is 0.455. The molecule has 1 amide bonds. The molecule has 3 aromatic rings. The van der Waals surface area contributed by atoms with E-state index in [4.69, 9.17) is 0 Å². The second-order valence-electron chi connectivity index (χ2n) is 8.38. The third-order valence-electron chi connectivity index (χ3n) is 5.36. The third kappa shape index (κ3) is 4.22. The summed E-state index contributed by atoms with van der Waals surface area (Å²) in [6.07, 6.45) is 4.38. The number of nitrogens with zero attached hydrogens (tertiary/aromatic N) is 4. The highest BCUT2D eigenvalue weighted by Gasteiger charge is 2.25. The van der Waals surface area contributed by atoms with Crippen molar-refractivity contribution in [1.29, 1.82) is 0 Å². The van der Waals surface area contributed by atoms with Crippen LogP contribution in [-0.4, -0.2) is 30.6 Å². The lowest BCUT2D eigenvalue weighted by Gasteiger charge is -2.13. The number of nitrogens with one attached hydrogen (secondary N) is 1. The van der Waals surface area contributed by atoms with Gasteiger partial charge in [0.15, 0.2) is 11.2 Å². The van der Waals surface area contributed by atoms with Crippen LogP contribution in [0.3, 0.4) is 0 Å². The minimum Gasteiger partial charge on any atom is -0.352 e. The molecule has 1 fully saturated rings. The Bertz CT molecular complexity index is 1170. The van der Waals surface area contributed by atoms with Crippen molar-refractivity contribution in [2.45, 2.75) is 58.8 Å². The summed E-state index contributed by atoms with van der Waals surface area (Å²) < 4.78 is 4.33. The van der Waals surface area contributed by atoms with Crippen LogP contribution in [0, 0.1) is 5.92 Å². The van der Waals surface area contributed by atoms with E-state index in [0.717, 1.165) is 29.4 Å². The molecule has 0 atom stereocenters. The Morgan fingerprint density at radius 2 is 1.90 bits per heavy atom.